The SMILES string of the molecule is COC(=O)C(CC(C)C)NC(=O)CN1CCOCC1CO. The molecule has 1 aliphatic rings. The minimum absolute atomic E-state index is 0.0558. The van der Waals surface area contributed by atoms with E-state index in [1.807, 2.05) is 18.7 Å². The lowest BCUT2D eigenvalue weighted by Gasteiger charge is -2.34. The van der Waals surface area contributed by atoms with Gasteiger partial charge in [-0.05, 0) is 12.3 Å². The Labute approximate surface area is 125 Å². The Bertz CT molecular complexity index is 348. The first-order valence-corrected chi connectivity index (χ1v) is 7.27. The van der Waals surface area contributed by atoms with Crippen molar-refractivity contribution in [3.63, 3.8) is 0 Å². The summed E-state index contributed by atoms with van der Waals surface area (Å²) in [6.07, 6.45) is 0.533. The summed E-state index contributed by atoms with van der Waals surface area (Å²) in [7, 11) is 1.31. The Hall–Kier alpha value is -1.18. The minimum atomic E-state index is -0.629. The fourth-order valence-corrected chi connectivity index (χ4v) is 2.32. The van der Waals surface area contributed by atoms with Gasteiger partial charge in [0.25, 0.3) is 0 Å². The number of morpholine rings is 1. The summed E-state index contributed by atoms with van der Waals surface area (Å²) < 4.78 is 9.99. The first kappa shape index (κ1) is 17.9. The maximum atomic E-state index is 12.1. The zero-order valence-electron chi connectivity index (χ0n) is 13.0. The highest BCUT2D eigenvalue weighted by Crippen LogP contribution is 2.08. The van der Waals surface area contributed by atoms with E-state index in [1.54, 1.807) is 0 Å². The second-order valence-corrected chi connectivity index (χ2v) is 5.65. The van der Waals surface area contributed by atoms with E-state index in [0.29, 0.717) is 26.2 Å². The molecule has 0 saturated carbocycles. The molecule has 0 bridgehead atoms. The number of hydrogen-bond donors (Lipinski definition) is 2. The molecule has 1 amide bonds. The third-order valence-corrected chi connectivity index (χ3v) is 3.43. The number of aliphatic hydroxyl groups is 1. The van der Waals surface area contributed by atoms with Gasteiger partial charge in [0.2, 0.25) is 5.91 Å². The summed E-state index contributed by atoms with van der Waals surface area (Å²) in [6, 6.07) is -0.803. The van der Waals surface area contributed by atoms with Crippen molar-refractivity contribution in [1.29, 1.82) is 0 Å². The van der Waals surface area contributed by atoms with E-state index in [9.17, 15) is 14.7 Å². The van der Waals surface area contributed by atoms with Crippen LogP contribution in [-0.4, -0.2) is 74.0 Å². The number of amides is 1. The van der Waals surface area contributed by atoms with E-state index in [0.717, 1.165) is 0 Å². The number of carbonyl (C=O) groups excluding carboxylic acids is 2. The Balaban J connectivity index is 2.54. The largest absolute Gasteiger partial charge is 0.467 e. The molecule has 7 heteroatoms. The Morgan fingerprint density at radius 3 is 2.76 bits per heavy atom. The van der Waals surface area contributed by atoms with Crippen molar-refractivity contribution >= 4 is 11.9 Å². The van der Waals surface area contributed by atoms with E-state index >= 15 is 0 Å². The maximum absolute atomic E-state index is 12.1. The molecule has 2 atom stereocenters. The van der Waals surface area contributed by atoms with E-state index in [2.05, 4.69) is 5.32 Å². The molecule has 1 saturated heterocycles. The lowest BCUT2D eigenvalue weighted by Crippen LogP contribution is -2.53. The smallest absolute Gasteiger partial charge is 0.328 e. The van der Waals surface area contributed by atoms with Gasteiger partial charge in [-0.15, -0.1) is 0 Å². The zero-order chi connectivity index (χ0) is 15.8. The van der Waals surface area contributed by atoms with Crippen LogP contribution in [-0.2, 0) is 19.1 Å². The van der Waals surface area contributed by atoms with Crippen LogP contribution in [0.5, 0.6) is 0 Å². The van der Waals surface area contributed by atoms with Gasteiger partial charge in [0.15, 0.2) is 0 Å². The molecule has 1 fully saturated rings. The number of nitrogens with zero attached hydrogens (tertiary/aromatic N) is 1. The molecule has 0 spiro atoms. The number of ether oxygens (including phenoxy) is 2. The number of nitrogens with one attached hydrogen (secondary N) is 1. The highest BCUT2D eigenvalue weighted by Gasteiger charge is 2.27. The van der Waals surface area contributed by atoms with E-state index in [-0.39, 0.29) is 31.0 Å². The molecule has 21 heavy (non-hydrogen) atoms. The molecule has 122 valence electrons. The van der Waals surface area contributed by atoms with E-state index < -0.39 is 12.0 Å². The Morgan fingerprint density at radius 1 is 1.48 bits per heavy atom. The van der Waals surface area contributed by atoms with Crippen molar-refractivity contribution in [2.75, 3.05) is 40.0 Å². The number of carbonyl (C=O) groups is 2. The van der Waals surface area contributed by atoms with Crippen molar-refractivity contribution in [2.45, 2.75) is 32.4 Å². The molecule has 1 aliphatic heterocycles. The number of methoxy groups -OCH3 is 1. The average molecular weight is 302 g/mol. The van der Waals surface area contributed by atoms with Crippen molar-refractivity contribution in [3.8, 4) is 0 Å². The topological polar surface area (TPSA) is 88.1 Å². The Kier molecular flexibility index (Phi) is 7.63. The van der Waals surface area contributed by atoms with Crippen LogP contribution in [0.15, 0.2) is 0 Å². The average Bonchev–Trinajstić information content (AvgIpc) is 2.45. The third kappa shape index (κ3) is 5.99. The highest BCUT2D eigenvalue weighted by molar-refractivity contribution is 5.85. The molecule has 0 aliphatic carbocycles. The van der Waals surface area contributed by atoms with Crippen LogP contribution in [0, 0.1) is 5.92 Å². The number of rotatable bonds is 7. The second-order valence-electron chi connectivity index (χ2n) is 5.65. The standard InChI is InChI=1S/C14H26N2O5/c1-10(2)6-12(14(19)20-3)15-13(18)7-16-4-5-21-9-11(16)8-17/h10-12,17H,4-9H2,1-3H3,(H,15,18). The summed E-state index contributed by atoms with van der Waals surface area (Å²) in [5, 5.41) is 12.0. The predicted octanol–water partition coefficient (Wildman–Crippen LogP) is -0.617. The maximum Gasteiger partial charge on any atom is 0.328 e. The van der Waals surface area contributed by atoms with Crippen LogP contribution in [0.1, 0.15) is 20.3 Å². The zero-order valence-corrected chi connectivity index (χ0v) is 13.0. The lowest BCUT2D eigenvalue weighted by atomic mass is 10.0. The van der Waals surface area contributed by atoms with Gasteiger partial charge in [-0.3, -0.25) is 9.69 Å². The summed E-state index contributed by atoms with van der Waals surface area (Å²) in [4.78, 5) is 25.7. The molecule has 0 aromatic carbocycles. The summed E-state index contributed by atoms with van der Waals surface area (Å²) in [5.74, 6) is -0.410. The van der Waals surface area contributed by atoms with Gasteiger partial charge in [0, 0.05) is 6.54 Å². The molecule has 1 rings (SSSR count). The molecule has 0 aromatic rings. The third-order valence-electron chi connectivity index (χ3n) is 3.43. The van der Waals surface area contributed by atoms with Gasteiger partial charge in [0.05, 0.1) is 39.5 Å². The van der Waals surface area contributed by atoms with Crippen LogP contribution < -0.4 is 5.32 Å². The van der Waals surface area contributed by atoms with Gasteiger partial charge >= 0.3 is 5.97 Å². The molecular weight excluding hydrogens is 276 g/mol. The molecule has 1 heterocycles. The quantitative estimate of drug-likeness (QED) is 0.610. The summed E-state index contributed by atoms with van der Waals surface area (Å²) in [5.41, 5.74) is 0. The fraction of sp³-hybridized carbons (Fsp3) is 0.857. The van der Waals surface area contributed by atoms with Gasteiger partial charge in [-0.25, -0.2) is 4.79 Å². The van der Waals surface area contributed by atoms with Crippen LogP contribution in [0.3, 0.4) is 0 Å². The van der Waals surface area contributed by atoms with Crippen molar-refractivity contribution in [1.82, 2.24) is 10.2 Å². The van der Waals surface area contributed by atoms with E-state index in [1.165, 1.54) is 7.11 Å². The summed E-state index contributed by atoms with van der Waals surface area (Å²) in [6.45, 7) is 5.58. The Morgan fingerprint density at radius 2 is 2.19 bits per heavy atom. The normalized spacial score (nSPS) is 21.1. The molecule has 0 radical (unpaired) electrons. The predicted molar refractivity (Wildman–Crippen MR) is 76.7 cm³/mol. The van der Waals surface area contributed by atoms with Crippen LogP contribution in [0.2, 0.25) is 0 Å². The number of aliphatic hydroxyl groups excluding tert-OH is 1. The van der Waals surface area contributed by atoms with Crippen molar-refractivity contribution < 1.29 is 24.2 Å². The van der Waals surface area contributed by atoms with E-state index in [4.69, 9.17) is 9.47 Å². The van der Waals surface area contributed by atoms with Crippen molar-refractivity contribution in [3.05, 3.63) is 0 Å². The fourth-order valence-electron chi connectivity index (χ4n) is 2.32. The molecule has 7 nitrogen and oxygen atoms in total. The van der Waals surface area contributed by atoms with Crippen molar-refractivity contribution in [2.24, 2.45) is 5.92 Å². The second kappa shape index (κ2) is 8.96. The molecule has 2 N–H and O–H groups in total. The first-order valence-electron chi connectivity index (χ1n) is 7.27. The van der Waals surface area contributed by atoms with Gasteiger partial charge in [-0.2, -0.15) is 0 Å². The number of esters is 1. The summed E-state index contributed by atoms with van der Waals surface area (Å²) >= 11 is 0. The van der Waals surface area contributed by atoms with Gasteiger partial charge < -0.3 is 19.9 Å². The highest BCUT2D eigenvalue weighted by atomic mass is 16.5. The van der Waals surface area contributed by atoms with Crippen LogP contribution >= 0.6 is 0 Å². The minimum Gasteiger partial charge on any atom is -0.467 e. The number of hydrogen-bond acceptors (Lipinski definition) is 6. The lowest BCUT2D eigenvalue weighted by molar-refractivity contribution is -0.146. The molecule has 0 aromatic heterocycles. The molecular formula is C14H26N2O5. The molecule has 2 unspecified atom stereocenters. The first-order chi connectivity index (χ1) is 9.97. The monoisotopic (exact) mass is 302 g/mol. The van der Waals surface area contributed by atoms with Gasteiger partial charge in [-0.1, -0.05) is 13.8 Å². The van der Waals surface area contributed by atoms with Crippen LogP contribution in [0.4, 0.5) is 0 Å². The van der Waals surface area contributed by atoms with Crippen LogP contribution in [0.25, 0.3) is 0 Å². The van der Waals surface area contributed by atoms with Gasteiger partial charge in [0.1, 0.15) is 6.04 Å².